The first-order valence-electron chi connectivity index (χ1n) is 7.98. The number of carbonyl (C=O) groups is 1. The van der Waals surface area contributed by atoms with Crippen LogP contribution in [0.15, 0.2) is 60.8 Å². The summed E-state index contributed by atoms with van der Waals surface area (Å²) in [5, 5.41) is 1.96. The van der Waals surface area contributed by atoms with Gasteiger partial charge in [0.1, 0.15) is 11.5 Å². The molecule has 0 saturated carbocycles. The Morgan fingerprint density at radius 3 is 2.32 bits per heavy atom. The maximum Gasteiger partial charge on any atom is 0.167 e. The van der Waals surface area contributed by atoms with Crippen LogP contribution in [0.2, 0.25) is 0 Å². The van der Waals surface area contributed by atoms with E-state index in [1.54, 1.807) is 14.2 Å². The van der Waals surface area contributed by atoms with Crippen molar-refractivity contribution in [1.29, 1.82) is 0 Å². The number of rotatable bonds is 4. The fraction of sp³-hybridized carbons (Fsp3) is 0.0952. The highest BCUT2D eigenvalue weighted by atomic mass is 16.5. The largest absolute Gasteiger partial charge is 0.496 e. The lowest BCUT2D eigenvalue weighted by atomic mass is 9.96. The molecule has 0 spiro atoms. The van der Waals surface area contributed by atoms with Crippen molar-refractivity contribution in [2.24, 2.45) is 0 Å². The van der Waals surface area contributed by atoms with E-state index in [4.69, 9.17) is 9.47 Å². The van der Waals surface area contributed by atoms with Crippen molar-refractivity contribution in [3.05, 3.63) is 66.5 Å². The van der Waals surface area contributed by atoms with E-state index in [1.807, 2.05) is 65.2 Å². The van der Waals surface area contributed by atoms with E-state index in [1.165, 1.54) is 0 Å². The van der Waals surface area contributed by atoms with Crippen LogP contribution in [0, 0.1) is 0 Å². The summed E-state index contributed by atoms with van der Waals surface area (Å²) in [5.41, 5.74) is 3.30. The maximum absolute atomic E-state index is 11.8. The molecule has 4 nitrogen and oxygen atoms in total. The maximum atomic E-state index is 11.8. The van der Waals surface area contributed by atoms with Gasteiger partial charge in [0.25, 0.3) is 0 Å². The quantitative estimate of drug-likeness (QED) is 0.514. The number of pyridine rings is 1. The summed E-state index contributed by atoms with van der Waals surface area (Å²) in [4.78, 5) is 11.8. The van der Waals surface area contributed by atoms with Crippen LogP contribution in [0.4, 0.5) is 0 Å². The first-order valence-corrected chi connectivity index (χ1v) is 7.98. The summed E-state index contributed by atoms with van der Waals surface area (Å²) in [6, 6.07) is 17.7. The molecule has 124 valence electrons. The van der Waals surface area contributed by atoms with E-state index >= 15 is 0 Å². The normalized spacial score (nSPS) is 11.0. The molecule has 0 bridgehead atoms. The molecule has 25 heavy (non-hydrogen) atoms. The van der Waals surface area contributed by atoms with Gasteiger partial charge in [0.15, 0.2) is 6.29 Å². The highest BCUT2D eigenvalue weighted by molar-refractivity contribution is 6.06. The molecule has 4 heteroatoms. The van der Waals surface area contributed by atoms with Crippen molar-refractivity contribution in [3.63, 3.8) is 0 Å². The molecule has 0 radical (unpaired) electrons. The zero-order chi connectivity index (χ0) is 17.4. The van der Waals surface area contributed by atoms with Crippen molar-refractivity contribution in [2.45, 2.75) is 0 Å². The van der Waals surface area contributed by atoms with Crippen molar-refractivity contribution < 1.29 is 14.3 Å². The number of hydrogen-bond acceptors (Lipinski definition) is 3. The van der Waals surface area contributed by atoms with Crippen LogP contribution in [0.1, 0.15) is 10.5 Å². The van der Waals surface area contributed by atoms with Gasteiger partial charge in [-0.1, -0.05) is 30.3 Å². The first kappa shape index (κ1) is 15.3. The fourth-order valence-corrected chi connectivity index (χ4v) is 3.39. The molecule has 0 unspecified atom stereocenters. The number of carbonyl (C=O) groups excluding carboxylic acids is 1. The summed E-state index contributed by atoms with van der Waals surface area (Å²) in [5.74, 6) is 1.42. The first-order chi connectivity index (χ1) is 12.3. The summed E-state index contributed by atoms with van der Waals surface area (Å²) in [6.07, 6.45) is 2.78. The van der Waals surface area contributed by atoms with Crippen LogP contribution in [0.5, 0.6) is 11.5 Å². The molecule has 4 aromatic rings. The van der Waals surface area contributed by atoms with Gasteiger partial charge in [-0.15, -0.1) is 0 Å². The third-order valence-electron chi connectivity index (χ3n) is 4.51. The Bertz CT molecular complexity index is 1100. The number of nitrogens with zero attached hydrogens (tertiary/aromatic N) is 1. The predicted octanol–water partition coefficient (Wildman–Crippen LogP) is 4.59. The molecule has 2 heterocycles. The van der Waals surface area contributed by atoms with Crippen LogP contribution in [0.25, 0.3) is 27.4 Å². The summed E-state index contributed by atoms with van der Waals surface area (Å²) in [6.45, 7) is 0. The van der Waals surface area contributed by atoms with Crippen molar-refractivity contribution in [3.8, 4) is 22.6 Å². The standard InChI is InChI=1S/C21H17NO3/c1-24-19-12-20(25-2)21(16-9-4-3-8-15(16)19)17-11-14-7-5-6-10-22(14)18(17)13-23/h3-13H,1-2H3. The van der Waals surface area contributed by atoms with Gasteiger partial charge in [-0.2, -0.15) is 0 Å². The lowest BCUT2D eigenvalue weighted by Gasteiger charge is -2.15. The number of aldehydes is 1. The van der Waals surface area contributed by atoms with Gasteiger partial charge in [0, 0.05) is 34.3 Å². The zero-order valence-corrected chi connectivity index (χ0v) is 14.0. The molecular formula is C21H17NO3. The van der Waals surface area contributed by atoms with E-state index in [-0.39, 0.29) is 0 Å². The molecule has 4 rings (SSSR count). The Morgan fingerprint density at radius 1 is 0.880 bits per heavy atom. The lowest BCUT2D eigenvalue weighted by Crippen LogP contribution is -1.96. The van der Waals surface area contributed by atoms with Gasteiger partial charge in [0.05, 0.1) is 19.9 Å². The minimum Gasteiger partial charge on any atom is -0.496 e. The van der Waals surface area contributed by atoms with E-state index in [9.17, 15) is 4.79 Å². The SMILES string of the molecule is COc1cc(OC)c2ccccc2c1-c1cc2ccccn2c1C=O. The van der Waals surface area contributed by atoms with Gasteiger partial charge >= 0.3 is 0 Å². The summed E-state index contributed by atoms with van der Waals surface area (Å²) >= 11 is 0. The smallest absolute Gasteiger partial charge is 0.167 e. The van der Waals surface area contributed by atoms with Crippen LogP contribution >= 0.6 is 0 Å². The van der Waals surface area contributed by atoms with Crippen LogP contribution in [-0.4, -0.2) is 24.9 Å². The number of hydrogen-bond donors (Lipinski definition) is 0. The Balaban J connectivity index is 2.16. The van der Waals surface area contributed by atoms with E-state index in [2.05, 4.69) is 0 Å². The second kappa shape index (κ2) is 5.98. The topological polar surface area (TPSA) is 39.9 Å². The average molecular weight is 331 g/mol. The third-order valence-corrected chi connectivity index (χ3v) is 4.51. The highest BCUT2D eigenvalue weighted by Crippen LogP contribution is 2.43. The molecule has 0 aliphatic rings. The van der Waals surface area contributed by atoms with Crippen molar-refractivity contribution >= 4 is 22.6 Å². The average Bonchev–Trinajstić information content (AvgIpc) is 3.04. The van der Waals surface area contributed by atoms with E-state index in [0.717, 1.165) is 39.5 Å². The molecule has 2 aromatic carbocycles. The van der Waals surface area contributed by atoms with Crippen LogP contribution < -0.4 is 9.47 Å². The molecule has 0 N–H and O–H groups in total. The van der Waals surface area contributed by atoms with E-state index < -0.39 is 0 Å². The molecule has 0 aliphatic heterocycles. The minimum atomic E-state index is 0.601. The van der Waals surface area contributed by atoms with Crippen LogP contribution in [0.3, 0.4) is 0 Å². The summed E-state index contributed by atoms with van der Waals surface area (Å²) in [7, 11) is 3.27. The van der Waals surface area contributed by atoms with Gasteiger partial charge in [0.2, 0.25) is 0 Å². The monoisotopic (exact) mass is 331 g/mol. The molecule has 0 saturated heterocycles. The molecule has 0 atom stereocenters. The van der Waals surface area contributed by atoms with Crippen molar-refractivity contribution in [2.75, 3.05) is 14.2 Å². The van der Waals surface area contributed by atoms with E-state index in [0.29, 0.717) is 11.4 Å². The third kappa shape index (κ3) is 2.26. The molecule has 2 aromatic heterocycles. The van der Waals surface area contributed by atoms with Gasteiger partial charge in [-0.3, -0.25) is 4.79 Å². The zero-order valence-electron chi connectivity index (χ0n) is 14.0. The van der Waals surface area contributed by atoms with Crippen LogP contribution in [-0.2, 0) is 0 Å². The highest BCUT2D eigenvalue weighted by Gasteiger charge is 2.20. The Labute approximate surface area is 145 Å². The number of fused-ring (bicyclic) bond motifs is 2. The second-order valence-corrected chi connectivity index (χ2v) is 5.76. The van der Waals surface area contributed by atoms with Gasteiger partial charge < -0.3 is 13.9 Å². The lowest BCUT2D eigenvalue weighted by molar-refractivity contribution is 0.111. The molecule has 0 amide bonds. The number of methoxy groups -OCH3 is 2. The molecular weight excluding hydrogens is 314 g/mol. The fourth-order valence-electron chi connectivity index (χ4n) is 3.39. The predicted molar refractivity (Wildman–Crippen MR) is 98.8 cm³/mol. The second-order valence-electron chi connectivity index (χ2n) is 5.76. The van der Waals surface area contributed by atoms with Gasteiger partial charge in [-0.05, 0) is 23.6 Å². The number of ether oxygens (including phenoxy) is 2. The van der Waals surface area contributed by atoms with Gasteiger partial charge in [-0.25, -0.2) is 0 Å². The molecule has 0 aliphatic carbocycles. The number of aromatic nitrogens is 1. The molecule has 0 fully saturated rings. The number of benzene rings is 2. The minimum absolute atomic E-state index is 0.601. The Kier molecular flexibility index (Phi) is 3.65. The Morgan fingerprint density at radius 2 is 1.60 bits per heavy atom. The summed E-state index contributed by atoms with van der Waals surface area (Å²) < 4.78 is 13.1. The Hall–Kier alpha value is -3.27. The van der Waals surface area contributed by atoms with Crippen molar-refractivity contribution in [1.82, 2.24) is 4.40 Å².